The van der Waals surface area contributed by atoms with Crippen LogP contribution < -0.4 is 0 Å². The van der Waals surface area contributed by atoms with Crippen LogP contribution in [0.15, 0.2) is 0 Å². The lowest BCUT2D eigenvalue weighted by Crippen LogP contribution is -2.36. The number of hydrogen-bond acceptors (Lipinski definition) is 6. The fourth-order valence-corrected chi connectivity index (χ4v) is 1.58. The van der Waals surface area contributed by atoms with Crippen molar-refractivity contribution in [2.75, 3.05) is 19.5 Å². The number of aliphatic hydroxyl groups is 1. The first kappa shape index (κ1) is 14.2. The molecule has 0 saturated heterocycles. The molecule has 0 fully saturated rings. The number of ether oxygens (including phenoxy) is 2. The molecule has 0 rings (SSSR count). The second-order valence-electron chi connectivity index (χ2n) is 2.78. The van der Waals surface area contributed by atoms with E-state index in [2.05, 4.69) is 4.74 Å². The summed E-state index contributed by atoms with van der Waals surface area (Å²) in [4.78, 5) is 21.8. The number of carbonyl (C=O) groups excluding carboxylic acids is 2. The van der Waals surface area contributed by atoms with Gasteiger partial charge in [0.05, 0.1) is 6.61 Å². The Hall–Kier alpha value is -0.750. The summed E-state index contributed by atoms with van der Waals surface area (Å²) in [6.07, 6.45) is 0.640. The molecule has 0 aliphatic carbocycles. The first-order valence-electron chi connectivity index (χ1n) is 4.53. The van der Waals surface area contributed by atoms with Crippen LogP contribution in [0.3, 0.4) is 0 Å². The van der Waals surface area contributed by atoms with Crippen LogP contribution in [0.5, 0.6) is 0 Å². The molecule has 2 atom stereocenters. The molecular weight excluding hydrogens is 220 g/mol. The average Bonchev–Trinajstić information content (AvgIpc) is 2.16. The van der Waals surface area contributed by atoms with E-state index in [1.54, 1.807) is 13.2 Å². The topological polar surface area (TPSA) is 72.8 Å². The minimum absolute atomic E-state index is 0.195. The molecule has 88 valence electrons. The Balaban J connectivity index is 4.14. The molecule has 6 heteroatoms. The summed E-state index contributed by atoms with van der Waals surface area (Å²) in [5, 5.41) is 8.84. The van der Waals surface area contributed by atoms with E-state index >= 15 is 0 Å². The molecule has 2 unspecified atom stereocenters. The average molecular weight is 236 g/mol. The Morgan fingerprint density at radius 2 is 2.00 bits per heavy atom. The summed E-state index contributed by atoms with van der Waals surface area (Å²) < 4.78 is 9.37. The van der Waals surface area contributed by atoms with E-state index in [0.717, 1.165) is 11.8 Å². The molecule has 0 amide bonds. The van der Waals surface area contributed by atoms with E-state index in [0.29, 0.717) is 0 Å². The molecule has 0 radical (unpaired) electrons. The summed E-state index contributed by atoms with van der Waals surface area (Å²) in [5.41, 5.74) is 0. The van der Waals surface area contributed by atoms with E-state index in [1.165, 1.54) is 6.92 Å². The predicted octanol–water partition coefficient (Wildman–Crippen LogP) is 0.205. The Labute approximate surface area is 93.1 Å². The number of hydrogen-bond donors (Lipinski definition) is 1. The summed E-state index contributed by atoms with van der Waals surface area (Å²) in [7, 11) is 0. The van der Waals surface area contributed by atoms with Crippen LogP contribution in [-0.2, 0) is 19.1 Å². The number of rotatable bonds is 6. The first-order valence-corrected chi connectivity index (χ1v) is 5.82. The minimum atomic E-state index is -1.04. The second kappa shape index (κ2) is 7.53. The van der Waals surface area contributed by atoms with Gasteiger partial charge in [0.2, 0.25) is 0 Å². The van der Waals surface area contributed by atoms with E-state index in [1.807, 2.05) is 0 Å². The van der Waals surface area contributed by atoms with Gasteiger partial charge >= 0.3 is 11.9 Å². The van der Waals surface area contributed by atoms with E-state index in [9.17, 15) is 14.7 Å². The van der Waals surface area contributed by atoms with Crippen molar-refractivity contribution in [3.8, 4) is 0 Å². The molecule has 5 nitrogen and oxygen atoms in total. The van der Waals surface area contributed by atoms with Gasteiger partial charge in [0.15, 0.2) is 0 Å². The second-order valence-corrected chi connectivity index (χ2v) is 3.76. The molecule has 0 aromatic carbocycles. The van der Waals surface area contributed by atoms with Crippen molar-refractivity contribution >= 4 is 23.7 Å². The highest BCUT2D eigenvalue weighted by molar-refractivity contribution is 7.99. The molecule has 0 heterocycles. The van der Waals surface area contributed by atoms with Gasteiger partial charge in [-0.15, -0.1) is 11.8 Å². The maximum Gasteiger partial charge on any atom is 0.321 e. The molecular formula is C9H16O5S. The van der Waals surface area contributed by atoms with Crippen molar-refractivity contribution in [2.24, 2.45) is 0 Å². The smallest absolute Gasteiger partial charge is 0.321 e. The zero-order valence-electron chi connectivity index (χ0n) is 9.06. The van der Waals surface area contributed by atoms with E-state index in [4.69, 9.17) is 4.74 Å². The quantitative estimate of drug-likeness (QED) is 0.664. The van der Waals surface area contributed by atoms with Gasteiger partial charge in [-0.2, -0.15) is 0 Å². The number of thioether (sulfide) groups is 1. The van der Waals surface area contributed by atoms with Crippen molar-refractivity contribution in [1.82, 2.24) is 0 Å². The molecule has 0 saturated carbocycles. The van der Waals surface area contributed by atoms with Gasteiger partial charge < -0.3 is 14.6 Å². The zero-order valence-corrected chi connectivity index (χ0v) is 9.87. The van der Waals surface area contributed by atoms with Crippen molar-refractivity contribution < 1.29 is 24.2 Å². The third-order valence-corrected chi connectivity index (χ3v) is 2.59. The van der Waals surface area contributed by atoms with Gasteiger partial charge in [0.25, 0.3) is 0 Å². The van der Waals surface area contributed by atoms with Gasteiger partial charge in [-0.25, -0.2) is 0 Å². The van der Waals surface area contributed by atoms with Gasteiger partial charge in [-0.1, -0.05) is 0 Å². The molecule has 0 aliphatic rings. The van der Waals surface area contributed by atoms with Gasteiger partial charge in [-0.05, 0) is 13.2 Å². The van der Waals surface area contributed by atoms with Gasteiger partial charge in [-0.3, -0.25) is 9.59 Å². The minimum Gasteiger partial charge on any atom is -0.465 e. The van der Waals surface area contributed by atoms with Crippen LogP contribution in [0.2, 0.25) is 0 Å². The lowest BCUT2D eigenvalue weighted by Gasteiger charge is -2.18. The van der Waals surface area contributed by atoms with Crippen LogP contribution in [0.1, 0.15) is 13.8 Å². The van der Waals surface area contributed by atoms with Gasteiger partial charge in [0, 0.05) is 6.92 Å². The lowest BCUT2D eigenvalue weighted by atomic mass is 10.2. The first-order chi connectivity index (χ1) is 7.02. The Morgan fingerprint density at radius 3 is 2.40 bits per heavy atom. The van der Waals surface area contributed by atoms with E-state index in [-0.39, 0.29) is 13.2 Å². The van der Waals surface area contributed by atoms with Crippen molar-refractivity contribution in [2.45, 2.75) is 25.2 Å². The summed E-state index contributed by atoms with van der Waals surface area (Å²) in [5.74, 6) is -0.984. The maximum atomic E-state index is 11.3. The number of esters is 2. The standard InChI is InChI=1S/C9H16O5S/c1-4-13-9(12)8(15-3)7(11)5-14-6(2)10/h7-8,11H,4-5H2,1-3H3. The number of carbonyl (C=O) groups is 2. The largest absolute Gasteiger partial charge is 0.465 e. The third-order valence-electron chi connectivity index (χ3n) is 1.58. The number of aliphatic hydroxyl groups excluding tert-OH is 1. The van der Waals surface area contributed by atoms with Crippen molar-refractivity contribution in [3.63, 3.8) is 0 Å². The SMILES string of the molecule is CCOC(=O)C(SC)C(O)COC(C)=O. The summed E-state index contributed by atoms with van der Waals surface area (Å²) in [6.45, 7) is 2.99. The zero-order chi connectivity index (χ0) is 11.8. The molecule has 1 N–H and O–H groups in total. The predicted molar refractivity (Wildman–Crippen MR) is 56.6 cm³/mol. The molecule has 0 aliphatic heterocycles. The Kier molecular flexibility index (Phi) is 7.15. The van der Waals surface area contributed by atoms with Crippen LogP contribution >= 0.6 is 11.8 Å². The Morgan fingerprint density at radius 1 is 1.40 bits per heavy atom. The molecule has 15 heavy (non-hydrogen) atoms. The highest BCUT2D eigenvalue weighted by Crippen LogP contribution is 2.13. The van der Waals surface area contributed by atoms with Crippen LogP contribution in [0, 0.1) is 0 Å². The highest BCUT2D eigenvalue weighted by atomic mass is 32.2. The van der Waals surface area contributed by atoms with Crippen molar-refractivity contribution in [3.05, 3.63) is 0 Å². The Bertz CT molecular complexity index is 219. The molecule has 0 spiro atoms. The molecule has 0 bridgehead atoms. The molecule has 0 aromatic heterocycles. The molecule has 0 aromatic rings. The fourth-order valence-electron chi connectivity index (χ4n) is 0.925. The highest BCUT2D eigenvalue weighted by Gasteiger charge is 2.27. The monoisotopic (exact) mass is 236 g/mol. The summed E-state index contributed by atoms with van der Waals surface area (Å²) >= 11 is 1.16. The van der Waals surface area contributed by atoms with Crippen LogP contribution in [0.4, 0.5) is 0 Å². The van der Waals surface area contributed by atoms with Crippen LogP contribution in [0.25, 0.3) is 0 Å². The maximum absolute atomic E-state index is 11.3. The van der Waals surface area contributed by atoms with Crippen molar-refractivity contribution in [1.29, 1.82) is 0 Å². The lowest BCUT2D eigenvalue weighted by molar-refractivity contribution is -0.150. The third kappa shape index (κ3) is 5.64. The van der Waals surface area contributed by atoms with E-state index < -0.39 is 23.3 Å². The normalized spacial score (nSPS) is 14.1. The van der Waals surface area contributed by atoms with Gasteiger partial charge in [0.1, 0.15) is 18.0 Å². The fraction of sp³-hybridized carbons (Fsp3) is 0.778. The van der Waals surface area contributed by atoms with Crippen LogP contribution in [-0.4, -0.2) is 47.9 Å². The summed E-state index contributed by atoms with van der Waals surface area (Å²) in [6, 6.07) is 0.